The van der Waals surface area contributed by atoms with Crippen LogP contribution in [0.25, 0.3) is 0 Å². The first-order chi connectivity index (χ1) is 11.6. The van der Waals surface area contributed by atoms with E-state index in [1.165, 1.54) is 0 Å². The Labute approximate surface area is 145 Å². The van der Waals surface area contributed by atoms with Crippen LogP contribution in [0.3, 0.4) is 0 Å². The molecule has 2 aromatic rings. The fourth-order valence-corrected chi connectivity index (χ4v) is 2.16. The lowest BCUT2D eigenvalue weighted by Crippen LogP contribution is -2.28. The van der Waals surface area contributed by atoms with Crippen LogP contribution < -0.4 is 16.0 Å². The maximum Gasteiger partial charge on any atom is 0.319 e. The molecule has 6 nitrogen and oxygen atoms in total. The quantitative estimate of drug-likeness (QED) is 0.744. The lowest BCUT2D eigenvalue weighted by Gasteiger charge is -2.11. The lowest BCUT2D eigenvalue weighted by molar-refractivity contribution is -0.116. The van der Waals surface area contributed by atoms with Crippen molar-refractivity contribution in [3.8, 4) is 0 Å². The average molecular weight is 347 g/mol. The fourth-order valence-electron chi connectivity index (χ4n) is 2.00. The molecule has 0 aliphatic heterocycles. The number of carbonyl (C=O) groups is 2. The van der Waals surface area contributed by atoms with Crippen molar-refractivity contribution in [1.82, 2.24) is 10.3 Å². The maximum absolute atomic E-state index is 12.0. The van der Waals surface area contributed by atoms with Crippen LogP contribution in [0.2, 0.25) is 5.02 Å². The largest absolute Gasteiger partial charge is 0.334 e. The van der Waals surface area contributed by atoms with Gasteiger partial charge in [0.2, 0.25) is 5.91 Å². The first-order valence-electron chi connectivity index (χ1n) is 7.61. The summed E-state index contributed by atoms with van der Waals surface area (Å²) >= 11 is 6.09. The molecule has 0 radical (unpaired) electrons. The van der Waals surface area contributed by atoms with Crippen LogP contribution in [0.15, 0.2) is 42.7 Å². The van der Waals surface area contributed by atoms with Gasteiger partial charge in [-0.3, -0.25) is 9.78 Å². The summed E-state index contributed by atoms with van der Waals surface area (Å²) < 4.78 is 0. The average Bonchev–Trinajstić information content (AvgIpc) is 2.57. The Morgan fingerprint density at radius 3 is 2.58 bits per heavy atom. The highest BCUT2D eigenvalue weighted by Gasteiger charge is 2.08. The summed E-state index contributed by atoms with van der Waals surface area (Å²) in [7, 11) is 0. The number of carbonyl (C=O) groups excluding carboxylic acids is 2. The van der Waals surface area contributed by atoms with Crippen LogP contribution in [0.5, 0.6) is 0 Å². The van der Waals surface area contributed by atoms with Crippen molar-refractivity contribution >= 4 is 34.9 Å². The minimum atomic E-state index is -0.384. The van der Waals surface area contributed by atoms with E-state index in [0.717, 1.165) is 12.0 Å². The van der Waals surface area contributed by atoms with E-state index in [1.807, 2.05) is 19.1 Å². The molecule has 1 aromatic carbocycles. The number of hydrogen-bond acceptors (Lipinski definition) is 3. The summed E-state index contributed by atoms with van der Waals surface area (Å²) in [6.45, 7) is 2.31. The van der Waals surface area contributed by atoms with Crippen molar-refractivity contribution in [2.24, 2.45) is 0 Å². The van der Waals surface area contributed by atoms with Crippen molar-refractivity contribution in [2.45, 2.75) is 26.3 Å². The molecule has 2 rings (SSSR count). The highest BCUT2D eigenvalue weighted by molar-refractivity contribution is 6.33. The van der Waals surface area contributed by atoms with Gasteiger partial charge in [-0.05, 0) is 42.3 Å². The molecule has 1 aromatic heterocycles. The van der Waals surface area contributed by atoms with E-state index in [2.05, 4.69) is 20.9 Å². The van der Waals surface area contributed by atoms with Crippen LogP contribution in [0.1, 0.15) is 25.3 Å². The first-order valence-corrected chi connectivity index (χ1v) is 7.99. The van der Waals surface area contributed by atoms with Gasteiger partial charge in [0.15, 0.2) is 0 Å². The monoisotopic (exact) mass is 346 g/mol. The molecular formula is C17H19ClN4O2. The second-order valence-electron chi connectivity index (χ2n) is 5.16. The number of rotatable bonds is 6. The standard InChI is InChI=1S/C17H19ClN4O2/c1-2-3-16(23)21-13-4-5-14(18)15(10-13)22-17(24)20-11-12-6-8-19-9-7-12/h4-10H,2-3,11H2,1H3,(H,21,23)(H2,20,22,24). The van der Waals surface area contributed by atoms with E-state index in [-0.39, 0.29) is 11.9 Å². The molecule has 7 heteroatoms. The van der Waals surface area contributed by atoms with E-state index < -0.39 is 0 Å². The predicted molar refractivity (Wildman–Crippen MR) is 95.1 cm³/mol. The number of hydrogen-bond donors (Lipinski definition) is 3. The Morgan fingerprint density at radius 1 is 1.12 bits per heavy atom. The number of halogens is 1. The van der Waals surface area contributed by atoms with Crippen molar-refractivity contribution < 1.29 is 9.59 Å². The van der Waals surface area contributed by atoms with Crippen molar-refractivity contribution in [1.29, 1.82) is 0 Å². The van der Waals surface area contributed by atoms with Gasteiger partial charge in [0.25, 0.3) is 0 Å². The number of aromatic nitrogens is 1. The summed E-state index contributed by atoms with van der Waals surface area (Å²) in [5.41, 5.74) is 1.95. The second kappa shape index (κ2) is 8.88. The maximum atomic E-state index is 12.0. The number of urea groups is 1. The highest BCUT2D eigenvalue weighted by atomic mass is 35.5. The number of nitrogens with one attached hydrogen (secondary N) is 3. The molecule has 0 spiro atoms. The van der Waals surface area contributed by atoms with E-state index in [0.29, 0.717) is 29.4 Å². The summed E-state index contributed by atoms with van der Waals surface area (Å²) in [5.74, 6) is -0.0760. The number of pyridine rings is 1. The van der Waals surface area contributed by atoms with E-state index in [1.54, 1.807) is 30.6 Å². The molecule has 0 saturated heterocycles. The fraction of sp³-hybridized carbons (Fsp3) is 0.235. The normalized spacial score (nSPS) is 10.1. The van der Waals surface area contributed by atoms with E-state index in [9.17, 15) is 9.59 Å². The molecule has 126 valence electrons. The molecule has 0 bridgehead atoms. The van der Waals surface area contributed by atoms with Crippen LogP contribution in [0, 0.1) is 0 Å². The zero-order valence-electron chi connectivity index (χ0n) is 13.3. The van der Waals surface area contributed by atoms with Gasteiger partial charge in [-0.2, -0.15) is 0 Å². The van der Waals surface area contributed by atoms with Gasteiger partial charge in [0.05, 0.1) is 10.7 Å². The third kappa shape index (κ3) is 5.55. The smallest absolute Gasteiger partial charge is 0.319 e. The minimum Gasteiger partial charge on any atom is -0.334 e. The molecule has 0 fully saturated rings. The van der Waals surface area contributed by atoms with Gasteiger partial charge in [-0.25, -0.2) is 4.79 Å². The molecule has 0 aliphatic rings. The SMILES string of the molecule is CCCC(=O)Nc1ccc(Cl)c(NC(=O)NCc2ccncc2)c1. The van der Waals surface area contributed by atoms with Gasteiger partial charge in [-0.15, -0.1) is 0 Å². The molecule has 0 aliphatic carbocycles. The molecule has 24 heavy (non-hydrogen) atoms. The van der Waals surface area contributed by atoms with E-state index in [4.69, 9.17) is 11.6 Å². The Kier molecular flexibility index (Phi) is 6.57. The number of anilines is 2. The molecule has 3 N–H and O–H groups in total. The molecule has 0 saturated carbocycles. The molecule has 0 unspecified atom stereocenters. The number of benzene rings is 1. The summed E-state index contributed by atoms with van der Waals surface area (Å²) in [4.78, 5) is 27.5. The van der Waals surface area contributed by atoms with Gasteiger partial charge in [0.1, 0.15) is 0 Å². The summed E-state index contributed by atoms with van der Waals surface area (Å²) in [6, 6.07) is 8.19. The predicted octanol–water partition coefficient (Wildman–Crippen LogP) is 3.80. The summed E-state index contributed by atoms with van der Waals surface area (Å²) in [6.07, 6.45) is 4.53. The van der Waals surface area contributed by atoms with Crippen molar-refractivity contribution in [3.05, 3.63) is 53.3 Å². The third-order valence-electron chi connectivity index (χ3n) is 3.18. The van der Waals surface area contributed by atoms with Crippen LogP contribution in [-0.2, 0) is 11.3 Å². The van der Waals surface area contributed by atoms with Crippen LogP contribution in [-0.4, -0.2) is 16.9 Å². The third-order valence-corrected chi connectivity index (χ3v) is 3.51. The zero-order chi connectivity index (χ0) is 17.4. The minimum absolute atomic E-state index is 0.0760. The Balaban J connectivity index is 1.95. The molecule has 0 atom stereocenters. The molecule has 3 amide bonds. The summed E-state index contributed by atoms with van der Waals surface area (Å²) in [5, 5.41) is 8.57. The van der Waals surface area contributed by atoms with Crippen LogP contribution in [0.4, 0.5) is 16.2 Å². The van der Waals surface area contributed by atoms with Gasteiger partial charge < -0.3 is 16.0 Å². The van der Waals surface area contributed by atoms with E-state index >= 15 is 0 Å². The van der Waals surface area contributed by atoms with Gasteiger partial charge in [-0.1, -0.05) is 18.5 Å². The van der Waals surface area contributed by atoms with Crippen LogP contribution >= 0.6 is 11.6 Å². The number of amides is 3. The first kappa shape index (κ1) is 17.7. The number of nitrogens with zero attached hydrogens (tertiary/aromatic N) is 1. The lowest BCUT2D eigenvalue weighted by atomic mass is 10.2. The van der Waals surface area contributed by atoms with Crippen molar-refractivity contribution in [3.63, 3.8) is 0 Å². The Morgan fingerprint density at radius 2 is 1.88 bits per heavy atom. The molecular weight excluding hydrogens is 328 g/mol. The van der Waals surface area contributed by atoms with Gasteiger partial charge >= 0.3 is 6.03 Å². The topological polar surface area (TPSA) is 83.1 Å². The highest BCUT2D eigenvalue weighted by Crippen LogP contribution is 2.25. The second-order valence-corrected chi connectivity index (χ2v) is 5.56. The zero-order valence-corrected chi connectivity index (χ0v) is 14.1. The Bertz CT molecular complexity index is 707. The molecule has 1 heterocycles. The van der Waals surface area contributed by atoms with Crippen molar-refractivity contribution in [2.75, 3.05) is 10.6 Å². The Hall–Kier alpha value is -2.60. The van der Waals surface area contributed by atoms with Gasteiger partial charge in [0, 0.05) is 31.0 Å².